The predicted molar refractivity (Wildman–Crippen MR) is 47.4 cm³/mol. The first-order chi connectivity index (χ1) is 4.84. The quantitative estimate of drug-likeness (QED) is 0.633. The van der Waals surface area contributed by atoms with E-state index in [9.17, 15) is 0 Å². The van der Waals surface area contributed by atoms with Crippen LogP contribution in [-0.4, -0.2) is 42.6 Å². The van der Waals surface area contributed by atoms with Crippen molar-refractivity contribution in [2.24, 2.45) is 5.73 Å². The lowest BCUT2D eigenvalue weighted by atomic mass is 10.2. The van der Waals surface area contributed by atoms with Crippen molar-refractivity contribution in [3.8, 4) is 0 Å². The van der Waals surface area contributed by atoms with Gasteiger partial charge in [0.05, 0.1) is 0 Å². The normalized spacial score (nSPS) is 28.8. The van der Waals surface area contributed by atoms with Gasteiger partial charge in [-0.3, -0.25) is 0 Å². The molecule has 0 aromatic rings. The molecule has 10 heavy (non-hydrogen) atoms. The average molecular weight is 160 g/mol. The predicted octanol–water partition coefficient (Wildman–Crippen LogP) is 0.382. The number of nitrogens with zero attached hydrogens (tertiary/aromatic N) is 1. The molecule has 1 saturated heterocycles. The fraction of sp³-hybridized carbons (Fsp3) is 1.00. The molecule has 0 bridgehead atoms. The van der Waals surface area contributed by atoms with Crippen LogP contribution in [0.25, 0.3) is 0 Å². The van der Waals surface area contributed by atoms with Crippen LogP contribution < -0.4 is 5.73 Å². The van der Waals surface area contributed by atoms with Crippen LogP contribution in [0, 0.1) is 0 Å². The second-order valence-electron chi connectivity index (χ2n) is 2.79. The molecule has 0 aliphatic carbocycles. The third-order valence-corrected chi connectivity index (χ3v) is 3.11. The number of hydrogen-bond acceptors (Lipinski definition) is 3. The Morgan fingerprint density at radius 2 is 2.50 bits per heavy atom. The summed E-state index contributed by atoms with van der Waals surface area (Å²) in [6.45, 7) is 2.06. The number of rotatable bonds is 2. The Morgan fingerprint density at radius 1 is 1.70 bits per heavy atom. The highest BCUT2D eigenvalue weighted by Gasteiger charge is 2.17. The molecule has 2 N–H and O–H groups in total. The van der Waals surface area contributed by atoms with Crippen molar-refractivity contribution in [1.29, 1.82) is 0 Å². The van der Waals surface area contributed by atoms with Gasteiger partial charge in [0.25, 0.3) is 0 Å². The van der Waals surface area contributed by atoms with Crippen molar-refractivity contribution in [1.82, 2.24) is 4.90 Å². The molecule has 0 amide bonds. The van der Waals surface area contributed by atoms with E-state index < -0.39 is 0 Å². The summed E-state index contributed by atoms with van der Waals surface area (Å²) in [6.07, 6.45) is 1.16. The minimum absolute atomic E-state index is 0.740. The lowest BCUT2D eigenvalue weighted by Crippen LogP contribution is -2.40. The van der Waals surface area contributed by atoms with Crippen LogP contribution in [0.15, 0.2) is 0 Å². The van der Waals surface area contributed by atoms with Crippen molar-refractivity contribution >= 4 is 11.8 Å². The van der Waals surface area contributed by atoms with Crippen molar-refractivity contribution in [3.05, 3.63) is 0 Å². The third kappa shape index (κ3) is 2.15. The molecule has 60 valence electrons. The van der Waals surface area contributed by atoms with E-state index in [2.05, 4.69) is 11.9 Å². The summed E-state index contributed by atoms with van der Waals surface area (Å²) in [5.74, 6) is 2.56. The highest BCUT2D eigenvalue weighted by molar-refractivity contribution is 7.99. The Hall–Kier alpha value is 0.270. The average Bonchev–Trinajstić information content (AvgIpc) is 1.94. The molecule has 0 spiro atoms. The Kier molecular flexibility index (Phi) is 3.52. The molecule has 2 nitrogen and oxygen atoms in total. The first kappa shape index (κ1) is 8.37. The Bertz CT molecular complexity index is 95.6. The molecule has 0 aromatic heterocycles. The molecule has 0 saturated carbocycles. The van der Waals surface area contributed by atoms with E-state index in [4.69, 9.17) is 5.73 Å². The second kappa shape index (κ2) is 4.21. The lowest BCUT2D eigenvalue weighted by molar-refractivity contribution is 0.260. The molecule has 0 aromatic carbocycles. The fourth-order valence-electron chi connectivity index (χ4n) is 1.23. The molecule has 1 atom stereocenters. The van der Waals surface area contributed by atoms with E-state index >= 15 is 0 Å². The minimum Gasteiger partial charge on any atom is -0.330 e. The van der Waals surface area contributed by atoms with E-state index in [1.54, 1.807) is 0 Å². The van der Waals surface area contributed by atoms with Crippen LogP contribution in [0.1, 0.15) is 6.42 Å². The van der Waals surface area contributed by atoms with Gasteiger partial charge in [-0.05, 0) is 20.0 Å². The Labute approximate surface area is 67.1 Å². The number of thioether (sulfide) groups is 1. The second-order valence-corrected chi connectivity index (χ2v) is 3.94. The highest BCUT2D eigenvalue weighted by atomic mass is 32.2. The maximum atomic E-state index is 5.49. The molecular weight excluding hydrogens is 144 g/mol. The zero-order valence-electron chi connectivity index (χ0n) is 6.55. The highest BCUT2D eigenvalue weighted by Crippen LogP contribution is 2.16. The van der Waals surface area contributed by atoms with Crippen molar-refractivity contribution in [2.75, 3.05) is 31.6 Å². The van der Waals surface area contributed by atoms with Crippen molar-refractivity contribution < 1.29 is 0 Å². The Morgan fingerprint density at radius 3 is 3.10 bits per heavy atom. The van der Waals surface area contributed by atoms with Gasteiger partial charge in [-0.2, -0.15) is 11.8 Å². The summed E-state index contributed by atoms with van der Waals surface area (Å²) in [5, 5.41) is 0. The summed E-state index contributed by atoms with van der Waals surface area (Å²) >= 11 is 2.05. The van der Waals surface area contributed by atoms with Crippen LogP contribution in [0.4, 0.5) is 0 Å². The van der Waals surface area contributed by atoms with Gasteiger partial charge in [0, 0.05) is 24.1 Å². The Balaban J connectivity index is 2.25. The van der Waals surface area contributed by atoms with Crippen LogP contribution in [-0.2, 0) is 0 Å². The van der Waals surface area contributed by atoms with Gasteiger partial charge in [-0.1, -0.05) is 0 Å². The lowest BCUT2D eigenvalue weighted by Gasteiger charge is -2.31. The standard InChI is InChI=1S/C7H16N2S/c1-9-4-5-10-6-7(9)2-3-8/h7H,2-6,8H2,1H3. The minimum atomic E-state index is 0.740. The zero-order chi connectivity index (χ0) is 7.40. The number of nitrogens with two attached hydrogens (primary N) is 1. The van der Waals surface area contributed by atoms with Crippen molar-refractivity contribution in [3.63, 3.8) is 0 Å². The molecule has 1 fully saturated rings. The molecule has 1 unspecified atom stereocenters. The van der Waals surface area contributed by atoms with Crippen LogP contribution in [0.2, 0.25) is 0 Å². The van der Waals surface area contributed by atoms with Gasteiger partial charge < -0.3 is 10.6 Å². The van der Waals surface area contributed by atoms with Gasteiger partial charge >= 0.3 is 0 Å². The summed E-state index contributed by atoms with van der Waals surface area (Å²) in [6, 6.07) is 0.740. The fourth-order valence-corrected chi connectivity index (χ4v) is 2.51. The topological polar surface area (TPSA) is 29.3 Å². The molecule has 0 radical (unpaired) electrons. The number of hydrogen-bond donors (Lipinski definition) is 1. The van der Waals surface area contributed by atoms with E-state index in [0.717, 1.165) is 19.0 Å². The molecular formula is C7H16N2S. The smallest absolute Gasteiger partial charge is 0.0195 e. The van der Waals surface area contributed by atoms with E-state index in [-0.39, 0.29) is 0 Å². The van der Waals surface area contributed by atoms with Crippen LogP contribution in [0.3, 0.4) is 0 Å². The monoisotopic (exact) mass is 160 g/mol. The van der Waals surface area contributed by atoms with E-state index in [1.807, 2.05) is 11.8 Å². The van der Waals surface area contributed by atoms with Crippen LogP contribution >= 0.6 is 11.8 Å². The summed E-state index contributed by atoms with van der Waals surface area (Å²) < 4.78 is 0. The van der Waals surface area contributed by atoms with Gasteiger partial charge in [0.1, 0.15) is 0 Å². The molecule has 1 aliphatic heterocycles. The summed E-state index contributed by atoms with van der Waals surface area (Å²) in [5.41, 5.74) is 5.49. The molecule has 3 heteroatoms. The first-order valence-corrected chi connectivity index (χ1v) is 4.98. The van der Waals surface area contributed by atoms with Gasteiger partial charge in [-0.25, -0.2) is 0 Å². The molecule has 1 heterocycles. The SMILES string of the molecule is CN1CCSCC1CCN. The molecule has 1 aliphatic rings. The van der Waals surface area contributed by atoms with E-state index in [1.165, 1.54) is 18.1 Å². The molecule has 1 rings (SSSR count). The largest absolute Gasteiger partial charge is 0.330 e. The van der Waals surface area contributed by atoms with Gasteiger partial charge in [0.15, 0.2) is 0 Å². The van der Waals surface area contributed by atoms with Crippen molar-refractivity contribution in [2.45, 2.75) is 12.5 Å². The maximum absolute atomic E-state index is 5.49. The maximum Gasteiger partial charge on any atom is 0.0195 e. The van der Waals surface area contributed by atoms with Gasteiger partial charge in [-0.15, -0.1) is 0 Å². The zero-order valence-corrected chi connectivity index (χ0v) is 7.36. The third-order valence-electron chi connectivity index (χ3n) is 2.02. The summed E-state index contributed by atoms with van der Waals surface area (Å²) in [4.78, 5) is 2.42. The first-order valence-electron chi connectivity index (χ1n) is 3.82. The van der Waals surface area contributed by atoms with Crippen LogP contribution in [0.5, 0.6) is 0 Å². The van der Waals surface area contributed by atoms with Gasteiger partial charge in [0.2, 0.25) is 0 Å². The summed E-state index contributed by atoms with van der Waals surface area (Å²) in [7, 11) is 2.19. The van der Waals surface area contributed by atoms with E-state index in [0.29, 0.717) is 0 Å².